The third-order valence-electron chi connectivity index (χ3n) is 5.33. The summed E-state index contributed by atoms with van der Waals surface area (Å²) >= 11 is 4.52. The maximum Gasteiger partial charge on any atom is 0.252 e. The van der Waals surface area contributed by atoms with Crippen LogP contribution in [0.4, 0.5) is 5.69 Å². The van der Waals surface area contributed by atoms with Gasteiger partial charge in [-0.25, -0.2) is 8.42 Å². The van der Waals surface area contributed by atoms with Crippen molar-refractivity contribution >= 4 is 48.9 Å². The first-order valence-corrected chi connectivity index (χ1v) is 12.5. The molecule has 1 saturated heterocycles. The minimum Gasteiger partial charge on any atom is -0.326 e. The molecule has 1 atom stereocenters. The second kappa shape index (κ2) is 9.07. The van der Waals surface area contributed by atoms with Crippen LogP contribution in [0.1, 0.15) is 44.6 Å². The summed E-state index contributed by atoms with van der Waals surface area (Å²) in [5.41, 5.74) is 2.05. The molecule has 2 aromatic rings. The number of halogens is 1. The number of anilines is 1. The summed E-state index contributed by atoms with van der Waals surface area (Å²) in [6.07, 6.45) is 2.14. The van der Waals surface area contributed by atoms with Crippen LogP contribution < -0.4 is 5.32 Å². The van der Waals surface area contributed by atoms with Crippen LogP contribution in [0.5, 0.6) is 0 Å². The van der Waals surface area contributed by atoms with Gasteiger partial charge in [0.05, 0.1) is 3.79 Å². The second-order valence-corrected chi connectivity index (χ2v) is 11.8. The number of carbonyl (C=O) groups excluding carboxylic acids is 1. The number of nitrogens with one attached hydrogen (secondary N) is 1. The van der Waals surface area contributed by atoms with E-state index in [4.69, 9.17) is 0 Å². The molecule has 1 fully saturated rings. The number of rotatable bonds is 6. The molecule has 1 N–H and O–H groups in total. The van der Waals surface area contributed by atoms with Crippen LogP contribution in [0.2, 0.25) is 0 Å². The van der Waals surface area contributed by atoms with Gasteiger partial charge in [-0.15, -0.1) is 11.3 Å². The van der Waals surface area contributed by atoms with Gasteiger partial charge in [0, 0.05) is 24.7 Å². The van der Waals surface area contributed by atoms with Crippen molar-refractivity contribution in [3.05, 3.63) is 45.7 Å². The molecule has 1 aliphatic heterocycles. The van der Waals surface area contributed by atoms with Gasteiger partial charge in [0.2, 0.25) is 5.91 Å². The molecule has 8 heteroatoms. The average molecular weight is 485 g/mol. The summed E-state index contributed by atoms with van der Waals surface area (Å²) in [5, 5.41) is 2.97. The Hall–Kier alpha value is -1.22. The molecule has 0 bridgehead atoms. The number of hydrogen-bond donors (Lipinski definition) is 1. The SMILES string of the molecule is CCC(C)c1ccc(NC(=O)C2CCN(S(=O)(=O)c3ccc(Br)s3)CC2)cc1. The first-order valence-electron chi connectivity index (χ1n) is 9.47. The van der Waals surface area contributed by atoms with Gasteiger partial charge < -0.3 is 5.32 Å². The van der Waals surface area contributed by atoms with Crippen molar-refractivity contribution in [2.75, 3.05) is 18.4 Å². The van der Waals surface area contributed by atoms with Crippen LogP contribution in [-0.4, -0.2) is 31.7 Å². The zero-order valence-electron chi connectivity index (χ0n) is 16.0. The quantitative estimate of drug-likeness (QED) is 0.622. The fourth-order valence-electron chi connectivity index (χ4n) is 3.30. The highest BCUT2D eigenvalue weighted by molar-refractivity contribution is 9.11. The van der Waals surface area contributed by atoms with Crippen molar-refractivity contribution in [1.29, 1.82) is 0 Å². The van der Waals surface area contributed by atoms with E-state index >= 15 is 0 Å². The number of hydrogen-bond acceptors (Lipinski definition) is 4. The summed E-state index contributed by atoms with van der Waals surface area (Å²) in [5.74, 6) is 0.294. The average Bonchev–Trinajstić information content (AvgIpc) is 3.15. The number of sulfonamides is 1. The summed E-state index contributed by atoms with van der Waals surface area (Å²) in [6.45, 7) is 5.07. The number of thiophene rings is 1. The Morgan fingerprint density at radius 1 is 1.21 bits per heavy atom. The monoisotopic (exact) mass is 484 g/mol. The van der Waals surface area contributed by atoms with Crippen molar-refractivity contribution < 1.29 is 13.2 Å². The van der Waals surface area contributed by atoms with E-state index in [0.29, 0.717) is 36.1 Å². The van der Waals surface area contributed by atoms with E-state index in [9.17, 15) is 13.2 Å². The molecule has 1 unspecified atom stereocenters. The Morgan fingerprint density at radius 3 is 2.39 bits per heavy atom. The largest absolute Gasteiger partial charge is 0.326 e. The van der Waals surface area contributed by atoms with Gasteiger partial charge in [0.15, 0.2) is 0 Å². The molecule has 3 rings (SSSR count). The Morgan fingerprint density at radius 2 is 1.86 bits per heavy atom. The van der Waals surface area contributed by atoms with E-state index in [2.05, 4.69) is 47.2 Å². The summed E-state index contributed by atoms with van der Waals surface area (Å²) < 4.78 is 28.0. The highest BCUT2D eigenvalue weighted by atomic mass is 79.9. The zero-order chi connectivity index (χ0) is 20.3. The molecule has 1 aliphatic rings. The highest BCUT2D eigenvalue weighted by Gasteiger charge is 2.32. The third kappa shape index (κ3) is 4.84. The predicted molar refractivity (Wildman–Crippen MR) is 117 cm³/mol. The molecule has 1 aromatic heterocycles. The van der Waals surface area contributed by atoms with Gasteiger partial charge in [-0.1, -0.05) is 26.0 Å². The molecular formula is C20H25BrN2O3S2. The second-order valence-electron chi connectivity index (χ2n) is 7.16. The van der Waals surface area contributed by atoms with Crippen LogP contribution in [0.15, 0.2) is 44.4 Å². The van der Waals surface area contributed by atoms with Gasteiger partial charge in [-0.05, 0) is 70.9 Å². The van der Waals surface area contributed by atoms with E-state index in [1.54, 1.807) is 12.1 Å². The van der Waals surface area contributed by atoms with E-state index < -0.39 is 10.0 Å². The number of piperidine rings is 1. The molecule has 28 heavy (non-hydrogen) atoms. The van der Waals surface area contributed by atoms with Crippen molar-refractivity contribution in [2.45, 2.75) is 43.2 Å². The molecule has 0 saturated carbocycles. The molecule has 0 spiro atoms. The van der Waals surface area contributed by atoms with Crippen molar-refractivity contribution in [3.8, 4) is 0 Å². The summed E-state index contributed by atoms with van der Waals surface area (Å²) in [4.78, 5) is 12.6. The maximum atomic E-state index is 12.7. The molecule has 2 heterocycles. The van der Waals surface area contributed by atoms with E-state index in [0.717, 1.165) is 15.9 Å². The fourth-order valence-corrected chi connectivity index (χ4v) is 6.93. The lowest BCUT2D eigenvalue weighted by atomic mass is 9.96. The predicted octanol–water partition coefficient (Wildman–Crippen LogP) is 5.06. The lowest BCUT2D eigenvalue weighted by Crippen LogP contribution is -2.41. The van der Waals surface area contributed by atoms with Crippen molar-refractivity contribution in [1.82, 2.24) is 4.31 Å². The Labute approximate surface area is 179 Å². The standard InChI is InChI=1S/C20H25BrN2O3S2/c1-3-14(2)15-4-6-17(7-5-15)22-20(24)16-10-12-23(13-11-16)28(25,26)19-9-8-18(21)27-19/h4-9,14,16H,3,10-13H2,1-2H3,(H,22,24). The molecule has 1 aromatic carbocycles. The Kier molecular flexibility index (Phi) is 6.96. The Bertz CT molecular complexity index is 917. The first kappa shape index (κ1) is 21.5. The van der Waals surface area contributed by atoms with E-state index in [-0.39, 0.29) is 11.8 Å². The number of amides is 1. The Balaban J connectivity index is 1.56. The molecule has 152 valence electrons. The number of benzene rings is 1. The van der Waals surface area contributed by atoms with Gasteiger partial charge >= 0.3 is 0 Å². The smallest absolute Gasteiger partial charge is 0.252 e. The van der Waals surface area contributed by atoms with Crippen LogP contribution in [-0.2, 0) is 14.8 Å². The minimum absolute atomic E-state index is 0.0350. The topological polar surface area (TPSA) is 66.5 Å². The van der Waals surface area contributed by atoms with Crippen LogP contribution >= 0.6 is 27.3 Å². The normalized spacial score (nSPS) is 17.4. The van der Waals surface area contributed by atoms with Gasteiger partial charge in [-0.3, -0.25) is 4.79 Å². The van der Waals surface area contributed by atoms with Crippen molar-refractivity contribution in [3.63, 3.8) is 0 Å². The molecule has 1 amide bonds. The lowest BCUT2D eigenvalue weighted by molar-refractivity contribution is -0.120. The van der Waals surface area contributed by atoms with E-state index in [1.807, 2.05) is 12.1 Å². The fraction of sp³-hybridized carbons (Fsp3) is 0.450. The highest BCUT2D eigenvalue weighted by Crippen LogP contribution is 2.31. The maximum absolute atomic E-state index is 12.7. The first-order chi connectivity index (χ1) is 13.3. The van der Waals surface area contributed by atoms with Crippen LogP contribution in [0, 0.1) is 5.92 Å². The number of carbonyl (C=O) groups is 1. The van der Waals surface area contributed by atoms with Gasteiger partial charge in [0.1, 0.15) is 4.21 Å². The molecule has 0 aliphatic carbocycles. The van der Waals surface area contributed by atoms with Crippen LogP contribution in [0.25, 0.3) is 0 Å². The summed E-state index contributed by atoms with van der Waals surface area (Å²) in [6, 6.07) is 11.3. The number of nitrogens with zero attached hydrogens (tertiary/aromatic N) is 1. The molecule has 5 nitrogen and oxygen atoms in total. The van der Waals surface area contributed by atoms with Crippen molar-refractivity contribution in [2.24, 2.45) is 5.92 Å². The lowest BCUT2D eigenvalue weighted by Gasteiger charge is -2.30. The van der Waals surface area contributed by atoms with Gasteiger partial charge in [-0.2, -0.15) is 4.31 Å². The van der Waals surface area contributed by atoms with Gasteiger partial charge in [0.25, 0.3) is 10.0 Å². The molecular weight excluding hydrogens is 460 g/mol. The minimum atomic E-state index is -3.47. The van der Waals surface area contributed by atoms with Crippen LogP contribution in [0.3, 0.4) is 0 Å². The molecule has 0 radical (unpaired) electrons. The zero-order valence-corrected chi connectivity index (χ0v) is 19.2. The summed E-state index contributed by atoms with van der Waals surface area (Å²) in [7, 11) is -3.47. The third-order valence-corrected chi connectivity index (χ3v) is 9.32. The van der Waals surface area contributed by atoms with E-state index in [1.165, 1.54) is 21.2 Å².